The van der Waals surface area contributed by atoms with Gasteiger partial charge >= 0.3 is 5.97 Å². The lowest BCUT2D eigenvalue weighted by molar-refractivity contribution is -0.149. The minimum absolute atomic E-state index is 0.363. The summed E-state index contributed by atoms with van der Waals surface area (Å²) in [5, 5.41) is 9.48. The van der Waals surface area contributed by atoms with Crippen LogP contribution in [-0.2, 0) is 9.53 Å². The van der Waals surface area contributed by atoms with E-state index < -0.39 is 11.7 Å². The van der Waals surface area contributed by atoms with Crippen LogP contribution in [0.15, 0.2) is 11.6 Å². The van der Waals surface area contributed by atoms with Gasteiger partial charge in [-0.2, -0.15) is 0 Å². The van der Waals surface area contributed by atoms with E-state index in [9.17, 15) is 9.90 Å². The number of hydrogen-bond acceptors (Lipinski definition) is 3. The van der Waals surface area contributed by atoms with Gasteiger partial charge < -0.3 is 9.84 Å². The molecule has 0 fully saturated rings. The van der Waals surface area contributed by atoms with E-state index in [0.717, 1.165) is 6.42 Å². The van der Waals surface area contributed by atoms with Crippen molar-refractivity contribution in [1.82, 2.24) is 0 Å². The van der Waals surface area contributed by atoms with Crippen molar-refractivity contribution in [3.8, 4) is 0 Å². The molecule has 0 aromatic carbocycles. The van der Waals surface area contributed by atoms with Crippen LogP contribution in [0.2, 0.25) is 0 Å². The van der Waals surface area contributed by atoms with Gasteiger partial charge in [-0.05, 0) is 40.2 Å². The van der Waals surface area contributed by atoms with Gasteiger partial charge in [0.05, 0.1) is 6.10 Å². The minimum Gasteiger partial charge on any atom is -0.457 e. The van der Waals surface area contributed by atoms with Gasteiger partial charge in [-0.3, -0.25) is 0 Å². The molecule has 0 aromatic heterocycles. The average Bonchev–Trinajstić information content (AvgIpc) is 2.00. The molecule has 0 aliphatic carbocycles. The highest BCUT2D eigenvalue weighted by Gasteiger charge is 2.17. The summed E-state index contributed by atoms with van der Waals surface area (Å²) in [5.74, 6) is -0.363. The smallest absolute Gasteiger partial charge is 0.334 e. The van der Waals surface area contributed by atoms with Crippen molar-refractivity contribution in [2.24, 2.45) is 0 Å². The zero-order valence-corrected chi connectivity index (χ0v) is 10.3. The summed E-state index contributed by atoms with van der Waals surface area (Å²) in [4.78, 5) is 11.5. The Morgan fingerprint density at radius 2 is 2.00 bits per heavy atom. The molecule has 88 valence electrons. The monoisotopic (exact) mass is 214 g/mol. The summed E-state index contributed by atoms with van der Waals surface area (Å²) in [6.07, 6.45) is 2.55. The lowest BCUT2D eigenvalue weighted by atomic mass is 10.1. The minimum atomic E-state index is -0.553. The van der Waals surface area contributed by atoms with Gasteiger partial charge in [-0.15, -0.1) is 0 Å². The van der Waals surface area contributed by atoms with E-state index in [-0.39, 0.29) is 5.97 Å². The molecule has 0 saturated heterocycles. The molecule has 15 heavy (non-hydrogen) atoms. The molecular weight excluding hydrogens is 192 g/mol. The maximum absolute atomic E-state index is 11.5. The van der Waals surface area contributed by atoms with E-state index in [1.807, 2.05) is 27.7 Å². The van der Waals surface area contributed by atoms with Crippen molar-refractivity contribution in [2.75, 3.05) is 0 Å². The normalized spacial score (nSPS) is 14.9. The summed E-state index contributed by atoms with van der Waals surface area (Å²) in [6, 6.07) is 0. The largest absolute Gasteiger partial charge is 0.457 e. The molecule has 0 rings (SSSR count). The topological polar surface area (TPSA) is 46.5 Å². The maximum atomic E-state index is 11.5. The maximum Gasteiger partial charge on any atom is 0.334 e. The number of esters is 1. The van der Waals surface area contributed by atoms with Gasteiger partial charge in [0, 0.05) is 5.57 Å². The van der Waals surface area contributed by atoms with Gasteiger partial charge in [0.25, 0.3) is 0 Å². The molecule has 1 N–H and O–H groups in total. The first kappa shape index (κ1) is 14.2. The fourth-order valence-electron chi connectivity index (χ4n) is 1.09. The molecule has 0 bridgehead atoms. The van der Waals surface area contributed by atoms with Gasteiger partial charge in [-0.1, -0.05) is 13.3 Å². The van der Waals surface area contributed by atoms with Crippen LogP contribution >= 0.6 is 0 Å². The van der Waals surface area contributed by atoms with E-state index in [1.165, 1.54) is 0 Å². The van der Waals surface area contributed by atoms with E-state index in [2.05, 4.69) is 0 Å². The van der Waals surface area contributed by atoms with Crippen LogP contribution in [0, 0.1) is 0 Å². The van der Waals surface area contributed by atoms with Crippen LogP contribution in [0.5, 0.6) is 0 Å². The van der Waals surface area contributed by atoms with Crippen LogP contribution < -0.4 is 0 Å². The molecule has 3 nitrogen and oxygen atoms in total. The lowest BCUT2D eigenvalue weighted by Gasteiger charge is -2.19. The van der Waals surface area contributed by atoms with Gasteiger partial charge in [0.15, 0.2) is 0 Å². The highest BCUT2D eigenvalue weighted by atomic mass is 16.6. The van der Waals surface area contributed by atoms with E-state index in [0.29, 0.717) is 12.0 Å². The van der Waals surface area contributed by atoms with Crippen molar-refractivity contribution >= 4 is 5.97 Å². The summed E-state index contributed by atoms with van der Waals surface area (Å²) in [5.41, 5.74) is -0.0205. The second-order valence-electron chi connectivity index (χ2n) is 4.71. The molecule has 0 aliphatic heterocycles. The molecule has 0 amide bonds. The number of aliphatic hydroxyl groups excluding tert-OH is 1. The van der Waals surface area contributed by atoms with E-state index in [1.54, 1.807) is 13.0 Å². The van der Waals surface area contributed by atoms with Gasteiger partial charge in [0.2, 0.25) is 0 Å². The zero-order chi connectivity index (χ0) is 12.1. The fraction of sp³-hybridized carbons (Fsp3) is 0.750. The SMILES string of the molecule is CCCC(O)C=C(C)C(=O)OC(C)(C)C. The van der Waals surface area contributed by atoms with Gasteiger partial charge in [0.1, 0.15) is 5.60 Å². The Balaban J connectivity index is 4.31. The highest BCUT2D eigenvalue weighted by Crippen LogP contribution is 2.11. The summed E-state index contributed by atoms with van der Waals surface area (Å²) >= 11 is 0. The number of carbonyl (C=O) groups is 1. The Hall–Kier alpha value is -0.830. The number of ether oxygens (including phenoxy) is 1. The Bertz CT molecular complexity index is 236. The van der Waals surface area contributed by atoms with Crippen molar-refractivity contribution in [3.05, 3.63) is 11.6 Å². The summed E-state index contributed by atoms with van der Waals surface area (Å²) in [7, 11) is 0. The third-order valence-electron chi connectivity index (χ3n) is 1.75. The average molecular weight is 214 g/mol. The van der Waals surface area contributed by atoms with E-state index >= 15 is 0 Å². The second-order valence-corrected chi connectivity index (χ2v) is 4.71. The highest BCUT2D eigenvalue weighted by molar-refractivity contribution is 5.88. The van der Waals surface area contributed by atoms with Crippen LogP contribution in [0.1, 0.15) is 47.5 Å². The predicted molar refractivity (Wildman–Crippen MR) is 60.5 cm³/mol. The molecule has 0 aliphatic rings. The molecule has 1 unspecified atom stereocenters. The van der Waals surface area contributed by atoms with Crippen molar-refractivity contribution in [1.29, 1.82) is 0 Å². The van der Waals surface area contributed by atoms with Gasteiger partial charge in [-0.25, -0.2) is 4.79 Å². The van der Waals surface area contributed by atoms with Crippen molar-refractivity contribution in [2.45, 2.75) is 59.2 Å². The lowest BCUT2D eigenvalue weighted by Crippen LogP contribution is -2.24. The van der Waals surface area contributed by atoms with Crippen LogP contribution in [0.25, 0.3) is 0 Å². The first-order valence-electron chi connectivity index (χ1n) is 5.36. The molecular formula is C12H22O3. The summed E-state index contributed by atoms with van der Waals surface area (Å²) in [6.45, 7) is 9.11. The Labute approximate surface area is 92.1 Å². The third-order valence-corrected chi connectivity index (χ3v) is 1.75. The fourth-order valence-corrected chi connectivity index (χ4v) is 1.09. The number of hydrogen-bond donors (Lipinski definition) is 1. The second kappa shape index (κ2) is 5.91. The van der Waals surface area contributed by atoms with Crippen LogP contribution in [0.3, 0.4) is 0 Å². The molecule has 0 saturated carbocycles. The number of rotatable bonds is 4. The third kappa shape index (κ3) is 7.14. The molecule has 0 heterocycles. The molecule has 3 heteroatoms. The van der Waals surface area contributed by atoms with Crippen LogP contribution in [-0.4, -0.2) is 22.8 Å². The molecule has 0 aromatic rings. The first-order chi connectivity index (χ1) is 6.76. The Morgan fingerprint density at radius 3 is 2.40 bits per heavy atom. The van der Waals surface area contributed by atoms with Crippen molar-refractivity contribution in [3.63, 3.8) is 0 Å². The van der Waals surface area contributed by atoms with Crippen molar-refractivity contribution < 1.29 is 14.6 Å². The number of aliphatic hydroxyl groups is 1. The Morgan fingerprint density at radius 1 is 1.47 bits per heavy atom. The zero-order valence-electron chi connectivity index (χ0n) is 10.3. The Kier molecular flexibility index (Phi) is 5.58. The molecule has 1 atom stereocenters. The number of carbonyl (C=O) groups excluding carboxylic acids is 1. The summed E-state index contributed by atoms with van der Waals surface area (Å²) < 4.78 is 5.16. The molecule has 0 spiro atoms. The first-order valence-corrected chi connectivity index (χ1v) is 5.36. The quantitative estimate of drug-likeness (QED) is 0.577. The molecule has 0 radical (unpaired) electrons. The standard InChI is InChI=1S/C12H22O3/c1-6-7-10(13)8-9(2)11(14)15-12(3,4)5/h8,10,13H,6-7H2,1-5H3. The van der Waals surface area contributed by atoms with E-state index in [4.69, 9.17) is 4.74 Å². The van der Waals surface area contributed by atoms with Crippen LogP contribution in [0.4, 0.5) is 0 Å². The predicted octanol–water partition coefficient (Wildman–Crippen LogP) is 2.44.